The van der Waals surface area contributed by atoms with Crippen molar-refractivity contribution in [3.05, 3.63) is 94.5 Å². The van der Waals surface area contributed by atoms with E-state index in [-0.39, 0.29) is 29.9 Å². The van der Waals surface area contributed by atoms with Crippen LogP contribution in [0.25, 0.3) is 0 Å². The van der Waals surface area contributed by atoms with E-state index in [4.69, 9.17) is 39.2 Å². The number of hydrogen-bond acceptors (Lipinski definition) is 12. The van der Waals surface area contributed by atoms with Gasteiger partial charge in [-0.3, -0.25) is 25.2 Å². The monoisotopic (exact) mass is 841 g/mol. The molecule has 1 saturated heterocycles. The number of carbonyl (C=O) groups excluding carboxylic acids is 3. The molecule has 3 aromatic rings. The van der Waals surface area contributed by atoms with Gasteiger partial charge in [-0.15, -0.1) is 0 Å². The minimum atomic E-state index is -0.699. The number of piperidine rings is 1. The molecule has 0 aromatic heterocycles. The van der Waals surface area contributed by atoms with E-state index < -0.39 is 23.3 Å². The van der Waals surface area contributed by atoms with E-state index >= 15 is 0 Å². The van der Waals surface area contributed by atoms with Crippen LogP contribution in [-0.4, -0.2) is 101 Å². The van der Waals surface area contributed by atoms with E-state index in [2.05, 4.69) is 21.6 Å². The van der Waals surface area contributed by atoms with Crippen LogP contribution < -0.4 is 15.5 Å². The molecular weight excluding hydrogens is 779 g/mol. The molecular formula is C47H63N5O9. The number of ether oxygens (including phenoxy) is 6. The van der Waals surface area contributed by atoms with Crippen molar-refractivity contribution in [2.75, 3.05) is 76.2 Å². The van der Waals surface area contributed by atoms with Gasteiger partial charge in [-0.2, -0.15) is 0 Å². The standard InChI is InChI=1S/C47H63N5O9/c1-47(2,3)61-42(53)21-25-57-27-29-59-31-30-58-28-26-56-24-11-13-34-12-9-16-36(32-34)45(54)50-41-20-19-37(52-22-7-4-8-23-52)33-39(41)43(48)60-44(49)46(55)51-40-18-10-15-35-14-5-6-17-38(35)40/h5-6,9,12,14,16-17,19-20,32-33,40,48-49H,4,7-8,10-11,13,15,18,21-31H2,1-3H3,(H,50,54)(H,51,55)/t40-/m0/s1. The zero-order valence-corrected chi connectivity index (χ0v) is 36.0. The highest BCUT2D eigenvalue weighted by molar-refractivity contribution is 6.36. The van der Waals surface area contributed by atoms with E-state index in [9.17, 15) is 14.4 Å². The predicted molar refractivity (Wildman–Crippen MR) is 235 cm³/mol. The molecule has 1 atom stereocenters. The molecule has 0 saturated carbocycles. The number of nitrogens with zero attached hydrogens (tertiary/aromatic N) is 1. The van der Waals surface area contributed by atoms with Gasteiger partial charge in [0.2, 0.25) is 5.90 Å². The smallest absolute Gasteiger partial charge is 0.308 e. The largest absolute Gasteiger partial charge is 0.460 e. The van der Waals surface area contributed by atoms with Gasteiger partial charge >= 0.3 is 11.9 Å². The van der Waals surface area contributed by atoms with E-state index in [1.807, 2.05) is 63.2 Å². The molecule has 14 nitrogen and oxygen atoms in total. The van der Waals surface area contributed by atoms with Gasteiger partial charge in [0.1, 0.15) is 5.60 Å². The summed E-state index contributed by atoms with van der Waals surface area (Å²) < 4.78 is 33.1. The van der Waals surface area contributed by atoms with Crippen LogP contribution >= 0.6 is 0 Å². The first kappa shape index (κ1) is 46.9. The summed E-state index contributed by atoms with van der Waals surface area (Å²) in [5.41, 5.74) is 4.67. The van der Waals surface area contributed by atoms with Crippen LogP contribution in [0.1, 0.15) is 104 Å². The highest BCUT2D eigenvalue weighted by atomic mass is 16.6. The van der Waals surface area contributed by atoms with Crippen LogP contribution in [0.15, 0.2) is 66.7 Å². The summed E-state index contributed by atoms with van der Waals surface area (Å²) in [7, 11) is 0. The van der Waals surface area contributed by atoms with E-state index in [1.165, 1.54) is 5.56 Å². The minimum absolute atomic E-state index is 0.209. The summed E-state index contributed by atoms with van der Waals surface area (Å²) in [6.45, 7) is 10.6. The van der Waals surface area contributed by atoms with Gasteiger partial charge in [-0.25, -0.2) is 0 Å². The van der Waals surface area contributed by atoms with Crippen LogP contribution in [0.3, 0.4) is 0 Å². The summed E-state index contributed by atoms with van der Waals surface area (Å²) in [6.07, 6.45) is 7.57. The predicted octanol–water partition coefficient (Wildman–Crippen LogP) is 7.17. The average molecular weight is 842 g/mol. The number of rotatable bonds is 21. The van der Waals surface area contributed by atoms with Crippen molar-refractivity contribution in [3.8, 4) is 0 Å². The van der Waals surface area contributed by atoms with Crippen LogP contribution in [0.5, 0.6) is 0 Å². The molecule has 0 bridgehead atoms. The molecule has 0 radical (unpaired) electrons. The molecule has 0 unspecified atom stereocenters. The average Bonchev–Trinajstić information content (AvgIpc) is 3.25. The molecule has 3 aromatic carbocycles. The van der Waals surface area contributed by atoms with Crippen LogP contribution in [0.4, 0.5) is 11.4 Å². The second-order valence-corrected chi connectivity index (χ2v) is 16.2. The van der Waals surface area contributed by atoms with Gasteiger partial charge < -0.3 is 44.0 Å². The molecule has 1 aliphatic carbocycles. The number of amides is 2. The Kier molecular flexibility index (Phi) is 18.7. The number of aryl methyl sites for hydroxylation is 2. The Morgan fingerprint density at radius 3 is 2.18 bits per heavy atom. The van der Waals surface area contributed by atoms with Crippen molar-refractivity contribution in [1.29, 1.82) is 10.8 Å². The minimum Gasteiger partial charge on any atom is -0.460 e. The third-order valence-electron chi connectivity index (χ3n) is 10.2. The number of esters is 1. The second kappa shape index (κ2) is 24.3. The Balaban J connectivity index is 1.04. The third kappa shape index (κ3) is 16.0. The number of anilines is 2. The normalized spacial score (nSPS) is 15.1. The number of benzene rings is 3. The zero-order valence-electron chi connectivity index (χ0n) is 36.0. The van der Waals surface area contributed by atoms with E-state index in [0.717, 1.165) is 74.8 Å². The molecule has 2 amide bonds. The Morgan fingerprint density at radius 2 is 1.46 bits per heavy atom. The molecule has 330 valence electrons. The van der Waals surface area contributed by atoms with Gasteiger partial charge in [-0.1, -0.05) is 36.4 Å². The van der Waals surface area contributed by atoms with Crippen molar-refractivity contribution < 1.29 is 42.8 Å². The molecule has 2 aliphatic rings. The molecule has 1 aliphatic heterocycles. The Bertz CT molecular complexity index is 1920. The van der Waals surface area contributed by atoms with Gasteiger partial charge in [0.05, 0.1) is 70.0 Å². The maximum atomic E-state index is 13.6. The number of carbonyl (C=O) groups is 3. The number of nitrogens with one attached hydrogen (secondary N) is 4. The maximum absolute atomic E-state index is 13.6. The van der Waals surface area contributed by atoms with Gasteiger partial charge in [0, 0.05) is 30.9 Å². The summed E-state index contributed by atoms with van der Waals surface area (Å²) in [4.78, 5) is 40.7. The van der Waals surface area contributed by atoms with Crippen molar-refractivity contribution in [1.82, 2.24) is 5.32 Å². The molecule has 4 N–H and O–H groups in total. The zero-order chi connectivity index (χ0) is 43.5. The molecule has 1 heterocycles. The van der Waals surface area contributed by atoms with Crippen molar-refractivity contribution in [2.45, 2.75) is 90.2 Å². The maximum Gasteiger partial charge on any atom is 0.308 e. The Labute approximate surface area is 360 Å². The lowest BCUT2D eigenvalue weighted by Crippen LogP contribution is -2.37. The Morgan fingerprint density at radius 1 is 0.770 bits per heavy atom. The van der Waals surface area contributed by atoms with Gasteiger partial charge in [-0.05, 0) is 119 Å². The summed E-state index contributed by atoms with van der Waals surface area (Å²) in [5.74, 6) is -2.42. The van der Waals surface area contributed by atoms with Crippen LogP contribution in [-0.2, 0) is 50.9 Å². The lowest BCUT2D eigenvalue weighted by Gasteiger charge is -2.29. The molecule has 0 spiro atoms. The SMILES string of the molecule is CC(C)(C)OC(=O)CCOCCOCCOCCOCCCc1cccc(C(=O)Nc2ccc(N3CCCCC3)cc2C(=N)OC(=N)C(=O)N[C@H]2CCCc3ccccc32)c1. The van der Waals surface area contributed by atoms with Gasteiger partial charge in [0.25, 0.3) is 11.8 Å². The third-order valence-corrected chi connectivity index (χ3v) is 10.2. The first-order chi connectivity index (χ1) is 29.5. The number of hydrogen-bond donors (Lipinski definition) is 4. The second-order valence-electron chi connectivity index (χ2n) is 16.2. The fourth-order valence-electron chi connectivity index (χ4n) is 7.26. The molecule has 14 heteroatoms. The first-order valence-corrected chi connectivity index (χ1v) is 21.5. The van der Waals surface area contributed by atoms with E-state index in [0.29, 0.717) is 70.5 Å². The molecule has 5 rings (SSSR count). The fraction of sp³-hybridized carbons (Fsp3) is 0.511. The summed E-state index contributed by atoms with van der Waals surface area (Å²) in [6, 6.07) is 20.6. The summed E-state index contributed by atoms with van der Waals surface area (Å²) >= 11 is 0. The van der Waals surface area contributed by atoms with E-state index in [1.54, 1.807) is 18.2 Å². The lowest BCUT2D eigenvalue weighted by molar-refractivity contribution is -0.156. The highest BCUT2D eigenvalue weighted by Crippen LogP contribution is 2.30. The quantitative estimate of drug-likeness (QED) is 0.0372. The fourth-order valence-corrected chi connectivity index (χ4v) is 7.26. The Hall–Kier alpha value is -5.15. The highest BCUT2D eigenvalue weighted by Gasteiger charge is 2.26. The van der Waals surface area contributed by atoms with Crippen molar-refractivity contribution in [3.63, 3.8) is 0 Å². The van der Waals surface area contributed by atoms with Crippen LogP contribution in [0, 0.1) is 10.8 Å². The van der Waals surface area contributed by atoms with Crippen molar-refractivity contribution in [2.24, 2.45) is 0 Å². The molecule has 1 fully saturated rings. The topological polar surface area (TPSA) is 182 Å². The first-order valence-electron chi connectivity index (χ1n) is 21.5. The number of fused-ring (bicyclic) bond motifs is 1. The van der Waals surface area contributed by atoms with Gasteiger partial charge in [0.15, 0.2) is 0 Å². The van der Waals surface area contributed by atoms with Crippen LogP contribution in [0.2, 0.25) is 0 Å². The van der Waals surface area contributed by atoms with Crippen molar-refractivity contribution >= 4 is 41.0 Å². The summed E-state index contributed by atoms with van der Waals surface area (Å²) in [5, 5.41) is 23.2. The lowest BCUT2D eigenvalue weighted by atomic mass is 9.88. The molecule has 61 heavy (non-hydrogen) atoms.